The Morgan fingerprint density at radius 2 is 2.00 bits per heavy atom. The van der Waals surface area contributed by atoms with Crippen LogP contribution in [0.4, 0.5) is 0 Å². The molecule has 0 aliphatic carbocycles. The summed E-state index contributed by atoms with van der Waals surface area (Å²) in [7, 11) is 1.77. The van der Waals surface area contributed by atoms with Gasteiger partial charge in [-0.15, -0.1) is 0 Å². The third-order valence-electron chi connectivity index (χ3n) is 2.09. The molecule has 1 aromatic carbocycles. The van der Waals surface area contributed by atoms with Crippen LogP contribution < -0.4 is 0 Å². The second-order valence-electron chi connectivity index (χ2n) is 3.38. The molecule has 0 heterocycles. The van der Waals surface area contributed by atoms with Gasteiger partial charge in [0.25, 0.3) is 0 Å². The van der Waals surface area contributed by atoms with E-state index in [9.17, 15) is 4.79 Å². The molecule has 0 aromatic heterocycles. The molecule has 0 aliphatic rings. The molecule has 0 saturated carbocycles. The van der Waals surface area contributed by atoms with Gasteiger partial charge < -0.3 is 4.90 Å². The van der Waals surface area contributed by atoms with Crippen LogP contribution in [0.3, 0.4) is 0 Å². The summed E-state index contributed by atoms with van der Waals surface area (Å²) < 4.78 is 0. The van der Waals surface area contributed by atoms with Gasteiger partial charge in [-0.1, -0.05) is 36.4 Å². The number of carbonyl (C=O) groups excluding carboxylic acids is 1. The first-order valence-electron chi connectivity index (χ1n) is 4.56. The third-order valence-corrected chi connectivity index (χ3v) is 2.09. The van der Waals surface area contributed by atoms with Gasteiger partial charge in [-0.05, 0) is 18.6 Å². The first kappa shape index (κ1) is 10.5. The van der Waals surface area contributed by atoms with Crippen molar-refractivity contribution in [2.75, 3.05) is 7.05 Å². The fourth-order valence-corrected chi connectivity index (χ4v) is 1.20. The van der Waals surface area contributed by atoms with E-state index in [4.69, 9.17) is 0 Å². The molecule has 0 atom stereocenters. The number of likely N-dealkylation sites (N-methyl/N-ethyl adjacent to an activating group) is 1. The van der Waals surface area contributed by atoms with Crippen LogP contribution in [0.15, 0.2) is 36.9 Å². The van der Waals surface area contributed by atoms with Crippen LogP contribution in [0, 0.1) is 6.92 Å². The Hall–Kier alpha value is -1.57. The number of hydrogen-bond acceptors (Lipinski definition) is 1. The molecule has 0 unspecified atom stereocenters. The van der Waals surface area contributed by atoms with E-state index in [1.165, 1.54) is 11.6 Å². The average Bonchev–Trinajstić information content (AvgIpc) is 2.20. The van der Waals surface area contributed by atoms with E-state index in [1.54, 1.807) is 11.9 Å². The van der Waals surface area contributed by atoms with Crippen molar-refractivity contribution in [2.45, 2.75) is 13.5 Å². The molecular formula is C12H15NO. The highest BCUT2D eigenvalue weighted by atomic mass is 16.2. The smallest absolute Gasteiger partial charge is 0.245 e. The van der Waals surface area contributed by atoms with Crippen molar-refractivity contribution >= 4 is 5.91 Å². The molecule has 0 bridgehead atoms. The Labute approximate surface area is 84.9 Å². The monoisotopic (exact) mass is 189 g/mol. The lowest BCUT2D eigenvalue weighted by molar-refractivity contribution is -0.125. The number of rotatable bonds is 3. The van der Waals surface area contributed by atoms with Crippen LogP contribution in [0.25, 0.3) is 0 Å². The minimum absolute atomic E-state index is 0.0504. The van der Waals surface area contributed by atoms with Crippen molar-refractivity contribution in [3.63, 3.8) is 0 Å². The van der Waals surface area contributed by atoms with Crippen molar-refractivity contribution < 1.29 is 4.79 Å². The van der Waals surface area contributed by atoms with Crippen molar-refractivity contribution in [3.05, 3.63) is 48.0 Å². The topological polar surface area (TPSA) is 20.3 Å². The normalized spacial score (nSPS) is 9.57. The first-order chi connectivity index (χ1) is 6.63. The predicted molar refractivity (Wildman–Crippen MR) is 57.9 cm³/mol. The maximum Gasteiger partial charge on any atom is 0.245 e. The number of amides is 1. The molecule has 14 heavy (non-hydrogen) atoms. The highest BCUT2D eigenvalue weighted by Crippen LogP contribution is 2.05. The first-order valence-corrected chi connectivity index (χ1v) is 4.56. The maximum absolute atomic E-state index is 11.2. The molecule has 0 saturated heterocycles. The van der Waals surface area contributed by atoms with E-state index in [2.05, 4.69) is 6.58 Å². The highest BCUT2D eigenvalue weighted by Gasteiger charge is 2.03. The van der Waals surface area contributed by atoms with Crippen molar-refractivity contribution in [2.24, 2.45) is 0 Å². The van der Waals surface area contributed by atoms with Gasteiger partial charge in [0, 0.05) is 13.6 Å². The Balaban J connectivity index is 2.64. The van der Waals surface area contributed by atoms with Crippen molar-refractivity contribution in [1.29, 1.82) is 0 Å². The van der Waals surface area contributed by atoms with Crippen LogP contribution in [0.2, 0.25) is 0 Å². The van der Waals surface area contributed by atoms with Gasteiger partial charge in [-0.2, -0.15) is 0 Å². The summed E-state index contributed by atoms with van der Waals surface area (Å²) in [6, 6.07) is 8.15. The molecule has 1 rings (SSSR count). The van der Waals surface area contributed by atoms with Crippen LogP contribution in [0.1, 0.15) is 11.1 Å². The molecule has 1 aromatic rings. The maximum atomic E-state index is 11.2. The fourth-order valence-electron chi connectivity index (χ4n) is 1.20. The van der Waals surface area contributed by atoms with Crippen LogP contribution >= 0.6 is 0 Å². The van der Waals surface area contributed by atoms with Gasteiger partial charge in [0.05, 0.1) is 0 Å². The lowest BCUT2D eigenvalue weighted by Crippen LogP contribution is -2.23. The number of aryl methyl sites for hydroxylation is 1. The van der Waals surface area contributed by atoms with E-state index in [0.717, 1.165) is 5.56 Å². The lowest BCUT2D eigenvalue weighted by atomic mass is 10.1. The number of hydrogen-bond donors (Lipinski definition) is 0. The Kier molecular flexibility index (Phi) is 3.46. The van der Waals surface area contributed by atoms with Crippen molar-refractivity contribution in [3.8, 4) is 0 Å². The zero-order valence-corrected chi connectivity index (χ0v) is 8.66. The summed E-state index contributed by atoms with van der Waals surface area (Å²) >= 11 is 0. The number of nitrogens with zero attached hydrogens (tertiary/aromatic N) is 1. The van der Waals surface area contributed by atoms with Gasteiger partial charge in [-0.25, -0.2) is 0 Å². The Morgan fingerprint density at radius 1 is 1.43 bits per heavy atom. The second kappa shape index (κ2) is 4.61. The zero-order valence-electron chi connectivity index (χ0n) is 8.66. The summed E-state index contributed by atoms with van der Waals surface area (Å²) in [6.07, 6.45) is 1.33. The summed E-state index contributed by atoms with van der Waals surface area (Å²) in [5.41, 5.74) is 2.36. The van der Waals surface area contributed by atoms with Gasteiger partial charge in [0.15, 0.2) is 0 Å². The molecule has 0 spiro atoms. The van der Waals surface area contributed by atoms with E-state index in [1.807, 2.05) is 31.2 Å². The van der Waals surface area contributed by atoms with E-state index in [-0.39, 0.29) is 5.91 Å². The minimum Gasteiger partial charge on any atom is -0.338 e. The fraction of sp³-hybridized carbons (Fsp3) is 0.250. The number of benzene rings is 1. The minimum atomic E-state index is -0.0504. The Bertz CT molecular complexity index is 327. The molecule has 0 radical (unpaired) electrons. The molecule has 0 N–H and O–H groups in total. The second-order valence-corrected chi connectivity index (χ2v) is 3.38. The van der Waals surface area contributed by atoms with Gasteiger partial charge >= 0.3 is 0 Å². The molecule has 0 aliphatic heterocycles. The Morgan fingerprint density at radius 3 is 2.50 bits per heavy atom. The SMILES string of the molecule is C=CC(=O)N(C)Cc1ccc(C)cc1. The summed E-state index contributed by atoms with van der Waals surface area (Å²) in [6.45, 7) is 6.12. The van der Waals surface area contributed by atoms with Gasteiger partial charge in [-0.3, -0.25) is 4.79 Å². The largest absolute Gasteiger partial charge is 0.338 e. The van der Waals surface area contributed by atoms with Gasteiger partial charge in [0.2, 0.25) is 5.91 Å². The molecular weight excluding hydrogens is 174 g/mol. The van der Waals surface area contributed by atoms with Crippen LogP contribution in [-0.4, -0.2) is 17.9 Å². The molecule has 2 heteroatoms. The van der Waals surface area contributed by atoms with Crippen LogP contribution in [-0.2, 0) is 11.3 Å². The quantitative estimate of drug-likeness (QED) is 0.667. The summed E-state index contributed by atoms with van der Waals surface area (Å²) in [4.78, 5) is 12.8. The summed E-state index contributed by atoms with van der Waals surface area (Å²) in [5, 5.41) is 0. The van der Waals surface area contributed by atoms with E-state index in [0.29, 0.717) is 6.54 Å². The van der Waals surface area contributed by atoms with E-state index < -0.39 is 0 Å². The molecule has 0 fully saturated rings. The molecule has 2 nitrogen and oxygen atoms in total. The summed E-state index contributed by atoms with van der Waals surface area (Å²) in [5.74, 6) is -0.0504. The number of carbonyl (C=O) groups is 1. The van der Waals surface area contributed by atoms with Crippen LogP contribution in [0.5, 0.6) is 0 Å². The lowest BCUT2D eigenvalue weighted by Gasteiger charge is -2.14. The standard InChI is InChI=1S/C12H15NO/c1-4-12(14)13(3)9-11-7-5-10(2)6-8-11/h4-8H,1,9H2,2-3H3. The third kappa shape index (κ3) is 2.73. The van der Waals surface area contributed by atoms with Gasteiger partial charge in [0.1, 0.15) is 0 Å². The predicted octanol–water partition coefficient (Wildman–Crippen LogP) is 2.14. The molecule has 1 amide bonds. The molecule has 74 valence electrons. The van der Waals surface area contributed by atoms with E-state index >= 15 is 0 Å². The zero-order chi connectivity index (χ0) is 10.6. The highest BCUT2D eigenvalue weighted by molar-refractivity contribution is 5.86. The van der Waals surface area contributed by atoms with Crippen molar-refractivity contribution in [1.82, 2.24) is 4.90 Å². The average molecular weight is 189 g/mol.